The van der Waals surface area contributed by atoms with Gasteiger partial charge in [0.25, 0.3) is 0 Å². The number of hydrogen-bond acceptors (Lipinski definition) is 4. The standard InChI is InChI=1S/C11H14ClN5/c1-7-3-4-8(12)5-9(7)10(13)6-11-14-16-17(2)15-11/h3-5,10H,6,13H2,1-2H3. The average molecular weight is 252 g/mol. The first-order valence-corrected chi connectivity index (χ1v) is 5.68. The van der Waals surface area contributed by atoms with Crippen LogP contribution >= 0.6 is 11.6 Å². The van der Waals surface area contributed by atoms with Crippen LogP contribution in [0.4, 0.5) is 0 Å². The van der Waals surface area contributed by atoms with E-state index < -0.39 is 0 Å². The zero-order valence-electron chi connectivity index (χ0n) is 9.76. The van der Waals surface area contributed by atoms with E-state index in [-0.39, 0.29) is 6.04 Å². The molecule has 17 heavy (non-hydrogen) atoms. The summed E-state index contributed by atoms with van der Waals surface area (Å²) in [5.41, 5.74) is 8.27. The summed E-state index contributed by atoms with van der Waals surface area (Å²) in [5, 5.41) is 12.5. The highest BCUT2D eigenvalue weighted by molar-refractivity contribution is 6.30. The molecule has 1 unspecified atom stereocenters. The van der Waals surface area contributed by atoms with E-state index in [1.54, 1.807) is 7.05 Å². The van der Waals surface area contributed by atoms with Gasteiger partial charge in [0.05, 0.1) is 7.05 Å². The molecular formula is C11H14ClN5. The second-order valence-corrected chi connectivity index (χ2v) is 4.44. The second kappa shape index (κ2) is 4.81. The Morgan fingerprint density at radius 1 is 1.47 bits per heavy atom. The monoisotopic (exact) mass is 251 g/mol. The molecule has 0 fully saturated rings. The van der Waals surface area contributed by atoms with Crippen LogP contribution in [0.2, 0.25) is 5.02 Å². The molecule has 0 radical (unpaired) electrons. The van der Waals surface area contributed by atoms with Crippen LogP contribution in [0.25, 0.3) is 0 Å². The van der Waals surface area contributed by atoms with Crippen LogP contribution in [-0.4, -0.2) is 20.2 Å². The van der Waals surface area contributed by atoms with Gasteiger partial charge in [0.15, 0.2) is 5.82 Å². The molecule has 1 heterocycles. The number of nitrogens with two attached hydrogens (primary N) is 1. The molecule has 0 bridgehead atoms. The summed E-state index contributed by atoms with van der Waals surface area (Å²) in [6.07, 6.45) is 0.551. The van der Waals surface area contributed by atoms with Crippen molar-refractivity contribution in [1.29, 1.82) is 0 Å². The molecular weight excluding hydrogens is 238 g/mol. The van der Waals surface area contributed by atoms with Crippen molar-refractivity contribution >= 4 is 11.6 Å². The van der Waals surface area contributed by atoms with Crippen LogP contribution in [-0.2, 0) is 13.5 Å². The van der Waals surface area contributed by atoms with E-state index in [2.05, 4.69) is 15.4 Å². The number of rotatable bonds is 3. The Hall–Kier alpha value is -1.46. The van der Waals surface area contributed by atoms with Gasteiger partial charge in [0.2, 0.25) is 0 Å². The van der Waals surface area contributed by atoms with Crippen LogP contribution in [0, 0.1) is 6.92 Å². The zero-order valence-corrected chi connectivity index (χ0v) is 10.5. The topological polar surface area (TPSA) is 69.6 Å². The van der Waals surface area contributed by atoms with Crippen molar-refractivity contribution in [2.75, 3.05) is 0 Å². The van der Waals surface area contributed by atoms with Crippen LogP contribution in [0.3, 0.4) is 0 Å². The first-order valence-electron chi connectivity index (χ1n) is 5.31. The minimum absolute atomic E-state index is 0.169. The average Bonchev–Trinajstić information content (AvgIpc) is 2.67. The van der Waals surface area contributed by atoms with Gasteiger partial charge >= 0.3 is 0 Å². The Balaban J connectivity index is 2.19. The Morgan fingerprint density at radius 2 is 2.24 bits per heavy atom. The van der Waals surface area contributed by atoms with Crippen molar-refractivity contribution in [2.45, 2.75) is 19.4 Å². The molecule has 2 N–H and O–H groups in total. The smallest absolute Gasteiger partial charge is 0.176 e. The van der Waals surface area contributed by atoms with Crippen molar-refractivity contribution in [3.8, 4) is 0 Å². The molecule has 0 saturated carbocycles. The summed E-state index contributed by atoms with van der Waals surface area (Å²) in [4.78, 5) is 1.42. The Kier molecular flexibility index (Phi) is 3.40. The molecule has 2 rings (SSSR count). The van der Waals surface area contributed by atoms with Gasteiger partial charge in [-0.2, -0.15) is 4.80 Å². The summed E-state index contributed by atoms with van der Waals surface area (Å²) in [6, 6.07) is 5.53. The molecule has 0 aliphatic carbocycles. The summed E-state index contributed by atoms with van der Waals surface area (Å²) >= 11 is 5.96. The lowest BCUT2D eigenvalue weighted by Gasteiger charge is -2.13. The van der Waals surface area contributed by atoms with E-state index in [0.717, 1.165) is 11.1 Å². The predicted octanol–water partition coefficient (Wildman–Crippen LogP) is 1.41. The maximum absolute atomic E-state index is 6.13. The maximum Gasteiger partial charge on any atom is 0.176 e. The number of halogens is 1. The predicted molar refractivity (Wildman–Crippen MR) is 65.6 cm³/mol. The van der Waals surface area contributed by atoms with Crippen LogP contribution in [0.15, 0.2) is 18.2 Å². The lowest BCUT2D eigenvalue weighted by Crippen LogP contribution is -2.15. The van der Waals surface area contributed by atoms with E-state index in [1.165, 1.54) is 4.80 Å². The fraction of sp³-hybridized carbons (Fsp3) is 0.364. The second-order valence-electron chi connectivity index (χ2n) is 4.01. The van der Waals surface area contributed by atoms with E-state index >= 15 is 0 Å². The van der Waals surface area contributed by atoms with Gasteiger partial charge in [0.1, 0.15) is 0 Å². The van der Waals surface area contributed by atoms with E-state index in [9.17, 15) is 0 Å². The van der Waals surface area contributed by atoms with Crippen molar-refractivity contribution in [2.24, 2.45) is 12.8 Å². The summed E-state index contributed by atoms with van der Waals surface area (Å²) in [5.74, 6) is 0.638. The minimum atomic E-state index is -0.169. The molecule has 0 spiro atoms. The molecule has 0 saturated heterocycles. The Bertz CT molecular complexity index is 522. The van der Waals surface area contributed by atoms with Gasteiger partial charge in [-0.1, -0.05) is 17.7 Å². The molecule has 2 aromatic rings. The SMILES string of the molecule is Cc1ccc(Cl)cc1C(N)Cc1nnn(C)n1. The summed E-state index contributed by atoms with van der Waals surface area (Å²) < 4.78 is 0. The van der Waals surface area contributed by atoms with Crippen molar-refractivity contribution in [3.63, 3.8) is 0 Å². The molecule has 0 aliphatic rings. The third-order valence-corrected chi connectivity index (χ3v) is 2.83. The van der Waals surface area contributed by atoms with Crippen molar-refractivity contribution in [3.05, 3.63) is 40.2 Å². The molecule has 0 amide bonds. The molecule has 5 nitrogen and oxygen atoms in total. The Morgan fingerprint density at radius 3 is 2.88 bits per heavy atom. The van der Waals surface area contributed by atoms with Gasteiger partial charge in [0, 0.05) is 17.5 Å². The van der Waals surface area contributed by atoms with Gasteiger partial charge in [-0.15, -0.1) is 10.2 Å². The highest BCUT2D eigenvalue weighted by Crippen LogP contribution is 2.22. The van der Waals surface area contributed by atoms with Crippen LogP contribution in [0.5, 0.6) is 0 Å². The quantitative estimate of drug-likeness (QED) is 0.896. The number of benzene rings is 1. The van der Waals surface area contributed by atoms with Crippen molar-refractivity contribution in [1.82, 2.24) is 20.2 Å². The van der Waals surface area contributed by atoms with Crippen LogP contribution in [0.1, 0.15) is 23.0 Å². The van der Waals surface area contributed by atoms with Gasteiger partial charge < -0.3 is 5.73 Å². The largest absolute Gasteiger partial charge is 0.324 e. The van der Waals surface area contributed by atoms with Crippen LogP contribution < -0.4 is 5.73 Å². The highest BCUT2D eigenvalue weighted by Gasteiger charge is 2.13. The lowest BCUT2D eigenvalue weighted by molar-refractivity contribution is 0.622. The van der Waals surface area contributed by atoms with E-state index in [1.807, 2.05) is 25.1 Å². The molecule has 1 aromatic carbocycles. The number of tetrazole rings is 1. The lowest BCUT2D eigenvalue weighted by atomic mass is 9.99. The minimum Gasteiger partial charge on any atom is -0.324 e. The molecule has 6 heteroatoms. The summed E-state index contributed by atoms with van der Waals surface area (Å²) in [7, 11) is 1.73. The Labute approximate surface area is 105 Å². The van der Waals surface area contributed by atoms with E-state index in [0.29, 0.717) is 17.3 Å². The number of aryl methyl sites for hydroxylation is 2. The normalized spacial score (nSPS) is 12.7. The maximum atomic E-state index is 6.13. The highest BCUT2D eigenvalue weighted by atomic mass is 35.5. The third kappa shape index (κ3) is 2.81. The number of aromatic nitrogens is 4. The van der Waals surface area contributed by atoms with Crippen molar-refractivity contribution < 1.29 is 0 Å². The first-order chi connectivity index (χ1) is 8.06. The number of nitrogens with zero attached hydrogens (tertiary/aromatic N) is 4. The third-order valence-electron chi connectivity index (χ3n) is 2.59. The summed E-state index contributed by atoms with van der Waals surface area (Å²) in [6.45, 7) is 2.01. The van der Waals surface area contributed by atoms with Gasteiger partial charge in [-0.25, -0.2) is 0 Å². The fourth-order valence-corrected chi connectivity index (χ4v) is 1.90. The number of hydrogen-bond donors (Lipinski definition) is 1. The van der Waals surface area contributed by atoms with E-state index in [4.69, 9.17) is 17.3 Å². The fourth-order valence-electron chi connectivity index (χ4n) is 1.72. The molecule has 1 aromatic heterocycles. The molecule has 90 valence electrons. The first kappa shape index (κ1) is 12.0. The zero-order chi connectivity index (χ0) is 12.4. The van der Waals surface area contributed by atoms with Gasteiger partial charge in [-0.05, 0) is 35.4 Å². The molecule has 0 aliphatic heterocycles. The molecule has 1 atom stereocenters. The van der Waals surface area contributed by atoms with Gasteiger partial charge in [-0.3, -0.25) is 0 Å².